The van der Waals surface area contributed by atoms with Crippen molar-refractivity contribution in [3.05, 3.63) is 59.7 Å². The number of phenols is 1. The van der Waals surface area contributed by atoms with Crippen LogP contribution in [0.15, 0.2) is 48.5 Å². The van der Waals surface area contributed by atoms with Gasteiger partial charge in [-0.3, -0.25) is 0 Å². The van der Waals surface area contributed by atoms with Crippen LogP contribution in [0.3, 0.4) is 0 Å². The number of ether oxygens (including phenoxy) is 1. The van der Waals surface area contributed by atoms with Gasteiger partial charge in [-0.05, 0) is 30.7 Å². The Morgan fingerprint density at radius 1 is 1.00 bits per heavy atom. The lowest BCUT2D eigenvalue weighted by Gasteiger charge is -2.27. The highest BCUT2D eigenvalue weighted by Gasteiger charge is 2.25. The predicted octanol–water partition coefficient (Wildman–Crippen LogP) is 4.12. The first-order chi connectivity index (χ1) is 9.05. The fourth-order valence-electron chi connectivity index (χ4n) is 2.29. The monoisotopic (exact) mass is 256 g/mol. The van der Waals surface area contributed by atoms with E-state index < -0.39 is 0 Å². The van der Waals surface area contributed by atoms with E-state index in [1.807, 2.05) is 37.3 Å². The van der Waals surface area contributed by atoms with E-state index in [4.69, 9.17) is 4.74 Å². The van der Waals surface area contributed by atoms with Gasteiger partial charge in [0.25, 0.3) is 0 Å². The first kappa shape index (κ1) is 13.5. The van der Waals surface area contributed by atoms with Gasteiger partial charge in [-0.25, -0.2) is 0 Å². The van der Waals surface area contributed by atoms with Gasteiger partial charge in [0.2, 0.25) is 0 Å². The Morgan fingerprint density at radius 3 is 2.21 bits per heavy atom. The average Bonchev–Trinajstić information content (AvgIpc) is 2.40. The van der Waals surface area contributed by atoms with E-state index in [1.165, 1.54) is 0 Å². The Hall–Kier alpha value is -1.96. The summed E-state index contributed by atoms with van der Waals surface area (Å²) in [4.78, 5) is 0. The molecule has 0 fully saturated rings. The minimum absolute atomic E-state index is 0.240. The first-order valence-corrected chi connectivity index (χ1v) is 6.57. The van der Waals surface area contributed by atoms with Crippen LogP contribution in [0.2, 0.25) is 0 Å². The molecule has 2 aromatic rings. The molecule has 0 aliphatic carbocycles. The highest BCUT2D eigenvalue weighted by molar-refractivity contribution is 5.46. The second-order valence-electron chi connectivity index (χ2n) is 5.10. The zero-order valence-electron chi connectivity index (χ0n) is 11.7. The summed E-state index contributed by atoms with van der Waals surface area (Å²) in [5.74, 6) is 1.21. The van der Waals surface area contributed by atoms with Gasteiger partial charge in [-0.1, -0.05) is 44.2 Å². The second kappa shape index (κ2) is 5.35. The van der Waals surface area contributed by atoms with E-state index in [1.54, 1.807) is 6.07 Å². The third kappa shape index (κ3) is 2.73. The van der Waals surface area contributed by atoms with Gasteiger partial charge >= 0.3 is 0 Å². The number of benzene rings is 2. The molecule has 0 radical (unpaired) electrons. The van der Waals surface area contributed by atoms with Crippen molar-refractivity contribution in [1.82, 2.24) is 0 Å². The molecule has 1 N–H and O–H groups in total. The van der Waals surface area contributed by atoms with Crippen LogP contribution < -0.4 is 4.74 Å². The summed E-state index contributed by atoms with van der Waals surface area (Å²) in [6.07, 6.45) is 0. The molecule has 2 nitrogen and oxygen atoms in total. The maximum atomic E-state index is 10.0. The van der Waals surface area contributed by atoms with Crippen LogP contribution in [0.1, 0.15) is 31.9 Å². The number of hydrogen-bond acceptors (Lipinski definition) is 2. The van der Waals surface area contributed by atoms with Crippen LogP contribution >= 0.6 is 0 Å². The molecule has 2 rings (SSSR count). The molecule has 19 heavy (non-hydrogen) atoms. The Labute approximate surface area is 114 Å². The van der Waals surface area contributed by atoms with E-state index in [0.717, 1.165) is 16.9 Å². The third-order valence-electron chi connectivity index (χ3n) is 3.46. The topological polar surface area (TPSA) is 29.5 Å². The molecule has 0 atom stereocenters. The predicted molar refractivity (Wildman–Crippen MR) is 77.8 cm³/mol. The molecule has 2 heteroatoms. The fourth-order valence-corrected chi connectivity index (χ4v) is 2.29. The largest absolute Gasteiger partial charge is 0.508 e. The molecule has 0 saturated heterocycles. The molecule has 0 heterocycles. The Kier molecular flexibility index (Phi) is 3.79. The van der Waals surface area contributed by atoms with Gasteiger partial charge in [-0.2, -0.15) is 0 Å². The van der Waals surface area contributed by atoms with Gasteiger partial charge in [0.1, 0.15) is 11.5 Å². The first-order valence-electron chi connectivity index (χ1n) is 6.57. The van der Waals surface area contributed by atoms with Crippen LogP contribution in [-0.2, 0) is 5.41 Å². The summed E-state index contributed by atoms with van der Waals surface area (Å²) in [6.45, 7) is 6.86. The van der Waals surface area contributed by atoms with Gasteiger partial charge in [0, 0.05) is 11.0 Å². The van der Waals surface area contributed by atoms with Gasteiger partial charge in [0.15, 0.2) is 0 Å². The normalized spacial score (nSPS) is 11.3. The lowest BCUT2D eigenvalue weighted by molar-refractivity contribution is 0.340. The number of para-hydroxylation sites is 1. The van der Waals surface area contributed by atoms with Crippen LogP contribution in [0.25, 0.3) is 0 Å². The number of rotatable bonds is 4. The Morgan fingerprint density at radius 2 is 1.63 bits per heavy atom. The fraction of sp³-hybridized carbons (Fsp3) is 0.294. The van der Waals surface area contributed by atoms with Crippen molar-refractivity contribution in [3.63, 3.8) is 0 Å². The van der Waals surface area contributed by atoms with Crippen molar-refractivity contribution in [2.75, 3.05) is 6.61 Å². The van der Waals surface area contributed by atoms with E-state index in [0.29, 0.717) is 12.4 Å². The Bertz CT molecular complexity index is 541. The van der Waals surface area contributed by atoms with E-state index in [2.05, 4.69) is 26.0 Å². The SMILES string of the molecule is CCOc1ccc(C(C)(C)c2ccccc2O)cc1. The van der Waals surface area contributed by atoms with E-state index >= 15 is 0 Å². The van der Waals surface area contributed by atoms with Crippen molar-refractivity contribution in [2.24, 2.45) is 0 Å². The number of phenolic OH excluding ortho intramolecular Hbond substituents is 1. The lowest BCUT2D eigenvalue weighted by atomic mass is 9.78. The maximum absolute atomic E-state index is 10.0. The summed E-state index contributed by atoms with van der Waals surface area (Å²) >= 11 is 0. The summed E-state index contributed by atoms with van der Waals surface area (Å²) in [6, 6.07) is 15.5. The molecule has 0 amide bonds. The molecule has 2 aromatic carbocycles. The van der Waals surface area contributed by atoms with Crippen LogP contribution in [0.5, 0.6) is 11.5 Å². The molecule has 0 aliphatic rings. The highest BCUT2D eigenvalue weighted by atomic mass is 16.5. The van der Waals surface area contributed by atoms with Crippen molar-refractivity contribution in [2.45, 2.75) is 26.2 Å². The molecular weight excluding hydrogens is 236 g/mol. The van der Waals surface area contributed by atoms with Gasteiger partial charge < -0.3 is 9.84 Å². The molecule has 100 valence electrons. The maximum Gasteiger partial charge on any atom is 0.119 e. The van der Waals surface area contributed by atoms with Crippen LogP contribution in [-0.4, -0.2) is 11.7 Å². The Balaban J connectivity index is 2.36. The lowest BCUT2D eigenvalue weighted by Crippen LogP contribution is -2.18. The highest BCUT2D eigenvalue weighted by Crippen LogP contribution is 2.36. The molecule has 0 bridgehead atoms. The standard InChI is InChI=1S/C17H20O2/c1-4-19-14-11-9-13(10-12-14)17(2,3)15-7-5-6-8-16(15)18/h5-12,18H,4H2,1-3H3. The molecule has 0 spiro atoms. The van der Waals surface area contributed by atoms with Crippen molar-refractivity contribution < 1.29 is 9.84 Å². The minimum Gasteiger partial charge on any atom is -0.508 e. The van der Waals surface area contributed by atoms with Gasteiger partial charge in [0.05, 0.1) is 6.61 Å². The molecule has 0 aliphatic heterocycles. The molecular formula is C17H20O2. The van der Waals surface area contributed by atoms with Crippen molar-refractivity contribution in [3.8, 4) is 11.5 Å². The van der Waals surface area contributed by atoms with Gasteiger partial charge in [-0.15, -0.1) is 0 Å². The summed E-state index contributed by atoms with van der Waals surface area (Å²) in [5.41, 5.74) is 1.84. The van der Waals surface area contributed by atoms with Crippen molar-refractivity contribution in [1.29, 1.82) is 0 Å². The molecule has 0 unspecified atom stereocenters. The third-order valence-corrected chi connectivity index (χ3v) is 3.46. The average molecular weight is 256 g/mol. The quantitative estimate of drug-likeness (QED) is 0.891. The zero-order chi connectivity index (χ0) is 13.9. The van der Waals surface area contributed by atoms with E-state index in [9.17, 15) is 5.11 Å². The minimum atomic E-state index is -0.240. The van der Waals surface area contributed by atoms with Crippen LogP contribution in [0, 0.1) is 0 Å². The second-order valence-corrected chi connectivity index (χ2v) is 5.10. The smallest absolute Gasteiger partial charge is 0.119 e. The summed E-state index contributed by atoms with van der Waals surface area (Å²) in [5, 5.41) is 10.0. The summed E-state index contributed by atoms with van der Waals surface area (Å²) < 4.78 is 5.45. The summed E-state index contributed by atoms with van der Waals surface area (Å²) in [7, 11) is 0. The molecule has 0 saturated carbocycles. The number of hydrogen-bond donors (Lipinski definition) is 1. The van der Waals surface area contributed by atoms with Crippen molar-refractivity contribution >= 4 is 0 Å². The van der Waals surface area contributed by atoms with Crippen LogP contribution in [0.4, 0.5) is 0 Å². The number of aromatic hydroxyl groups is 1. The van der Waals surface area contributed by atoms with E-state index in [-0.39, 0.29) is 5.41 Å². The zero-order valence-corrected chi connectivity index (χ0v) is 11.7. The molecule has 0 aromatic heterocycles.